The van der Waals surface area contributed by atoms with E-state index >= 15 is 0 Å². The van der Waals surface area contributed by atoms with E-state index in [1.807, 2.05) is 12.1 Å². The second-order valence-corrected chi connectivity index (χ2v) is 9.45. The summed E-state index contributed by atoms with van der Waals surface area (Å²) in [4.78, 5) is 12.7. The van der Waals surface area contributed by atoms with Gasteiger partial charge in [-0.3, -0.25) is 4.79 Å². The molecule has 6 heteroatoms. The molecule has 0 unspecified atom stereocenters. The van der Waals surface area contributed by atoms with Gasteiger partial charge in [-0.05, 0) is 78.8 Å². The molecule has 0 bridgehead atoms. The molecule has 0 atom stereocenters. The topological polar surface area (TPSA) is 26.3 Å². The van der Waals surface area contributed by atoms with Crippen molar-refractivity contribution in [3.63, 3.8) is 0 Å². The number of carbonyl (C=O) groups is 1. The number of hydrogen-bond donors (Lipinski definition) is 0. The van der Waals surface area contributed by atoms with Crippen molar-refractivity contribution in [3.8, 4) is 16.9 Å². The molecule has 0 saturated heterocycles. The van der Waals surface area contributed by atoms with Crippen LogP contribution in [-0.2, 0) is 17.6 Å². The zero-order valence-corrected chi connectivity index (χ0v) is 20.6. The van der Waals surface area contributed by atoms with Gasteiger partial charge in [-0.15, -0.1) is 0 Å². The van der Waals surface area contributed by atoms with Crippen LogP contribution in [0, 0.1) is 29.2 Å². The Hall–Kier alpha value is -3.15. The van der Waals surface area contributed by atoms with Gasteiger partial charge >= 0.3 is 5.97 Å². The van der Waals surface area contributed by atoms with Crippen molar-refractivity contribution < 1.29 is 27.1 Å². The first-order chi connectivity index (χ1) is 17.3. The molecular weight excluding hydrogens is 468 g/mol. The summed E-state index contributed by atoms with van der Waals surface area (Å²) in [6.45, 7) is 3.84. The van der Waals surface area contributed by atoms with Crippen molar-refractivity contribution >= 4 is 5.97 Å². The van der Waals surface area contributed by atoms with Crippen LogP contribution in [0.2, 0.25) is 0 Å². The summed E-state index contributed by atoms with van der Waals surface area (Å²) in [5, 5.41) is 0. The van der Waals surface area contributed by atoms with Crippen molar-refractivity contribution in [1.29, 1.82) is 0 Å². The SMILES string of the molecule is CCCc1ccc(-c2ccc(OC(=O)C3CCC(c4ccc(CC)c(F)c4F)CC3)c(F)c2F)cc1. The molecule has 3 aromatic carbocycles. The molecule has 1 fully saturated rings. The number of ether oxygens (including phenoxy) is 1. The highest BCUT2D eigenvalue weighted by atomic mass is 19.2. The molecule has 0 heterocycles. The quantitative estimate of drug-likeness (QED) is 0.186. The highest BCUT2D eigenvalue weighted by molar-refractivity contribution is 5.76. The second-order valence-electron chi connectivity index (χ2n) is 9.45. The molecule has 36 heavy (non-hydrogen) atoms. The van der Waals surface area contributed by atoms with Gasteiger partial charge in [-0.2, -0.15) is 4.39 Å². The van der Waals surface area contributed by atoms with Crippen LogP contribution in [0.15, 0.2) is 48.5 Å². The first-order valence-electron chi connectivity index (χ1n) is 12.6. The van der Waals surface area contributed by atoms with E-state index in [1.165, 1.54) is 12.1 Å². The molecule has 0 N–H and O–H groups in total. The van der Waals surface area contributed by atoms with Gasteiger partial charge in [-0.1, -0.05) is 56.7 Å². The lowest BCUT2D eigenvalue weighted by Crippen LogP contribution is -2.26. The number of halogens is 4. The summed E-state index contributed by atoms with van der Waals surface area (Å²) in [5.41, 5.74) is 2.41. The lowest BCUT2D eigenvalue weighted by molar-refractivity contribution is -0.140. The minimum atomic E-state index is -1.21. The molecule has 0 radical (unpaired) electrons. The van der Waals surface area contributed by atoms with Crippen LogP contribution in [0.25, 0.3) is 11.1 Å². The first kappa shape index (κ1) is 25.9. The molecule has 1 aliphatic rings. The minimum Gasteiger partial charge on any atom is -0.423 e. The summed E-state index contributed by atoms with van der Waals surface area (Å²) >= 11 is 0. The number of rotatable bonds is 7. The zero-order valence-electron chi connectivity index (χ0n) is 20.6. The van der Waals surface area contributed by atoms with Gasteiger partial charge in [0.2, 0.25) is 5.82 Å². The van der Waals surface area contributed by atoms with E-state index in [2.05, 4.69) is 6.92 Å². The Morgan fingerprint density at radius 3 is 2.14 bits per heavy atom. The lowest BCUT2D eigenvalue weighted by atomic mass is 9.78. The third-order valence-electron chi connectivity index (χ3n) is 7.13. The summed E-state index contributed by atoms with van der Waals surface area (Å²) in [7, 11) is 0. The predicted molar refractivity (Wildman–Crippen MR) is 132 cm³/mol. The lowest BCUT2D eigenvalue weighted by Gasteiger charge is -2.28. The molecule has 4 rings (SSSR count). The third kappa shape index (κ3) is 5.32. The highest BCUT2D eigenvalue weighted by Crippen LogP contribution is 2.39. The number of esters is 1. The predicted octanol–water partition coefficient (Wildman–Crippen LogP) is 8.30. The zero-order chi connectivity index (χ0) is 25.8. The van der Waals surface area contributed by atoms with Gasteiger partial charge < -0.3 is 4.74 Å². The molecular formula is C30H30F4O2. The van der Waals surface area contributed by atoms with E-state index in [9.17, 15) is 22.4 Å². The van der Waals surface area contributed by atoms with Crippen LogP contribution < -0.4 is 4.74 Å². The maximum absolute atomic E-state index is 14.8. The van der Waals surface area contributed by atoms with E-state index in [0.717, 1.165) is 18.4 Å². The van der Waals surface area contributed by atoms with E-state index in [0.29, 0.717) is 48.8 Å². The van der Waals surface area contributed by atoms with Crippen molar-refractivity contribution in [3.05, 3.63) is 88.5 Å². The summed E-state index contributed by atoms with van der Waals surface area (Å²) in [6, 6.07) is 13.2. The molecule has 2 nitrogen and oxygen atoms in total. The van der Waals surface area contributed by atoms with E-state index in [-0.39, 0.29) is 11.5 Å². The van der Waals surface area contributed by atoms with E-state index < -0.39 is 40.9 Å². The van der Waals surface area contributed by atoms with Crippen LogP contribution in [-0.4, -0.2) is 5.97 Å². The molecule has 1 saturated carbocycles. The van der Waals surface area contributed by atoms with Crippen molar-refractivity contribution in [2.24, 2.45) is 5.92 Å². The molecule has 1 aliphatic carbocycles. The van der Waals surface area contributed by atoms with Crippen LogP contribution in [0.5, 0.6) is 5.75 Å². The maximum Gasteiger partial charge on any atom is 0.314 e. The molecule has 0 amide bonds. The summed E-state index contributed by atoms with van der Waals surface area (Å²) in [5.74, 6) is -5.72. The van der Waals surface area contributed by atoms with Gasteiger partial charge in [0.15, 0.2) is 23.2 Å². The molecule has 0 aliphatic heterocycles. The van der Waals surface area contributed by atoms with Gasteiger partial charge in [0.25, 0.3) is 0 Å². The van der Waals surface area contributed by atoms with Crippen molar-refractivity contribution in [2.45, 2.75) is 64.7 Å². The number of hydrogen-bond acceptors (Lipinski definition) is 2. The van der Waals surface area contributed by atoms with Gasteiger partial charge in [0.05, 0.1) is 5.92 Å². The van der Waals surface area contributed by atoms with Crippen LogP contribution >= 0.6 is 0 Å². The molecule has 190 valence electrons. The van der Waals surface area contributed by atoms with Gasteiger partial charge in [0, 0.05) is 5.56 Å². The van der Waals surface area contributed by atoms with Crippen molar-refractivity contribution in [1.82, 2.24) is 0 Å². The van der Waals surface area contributed by atoms with Crippen molar-refractivity contribution in [2.75, 3.05) is 0 Å². The van der Waals surface area contributed by atoms with E-state index in [1.54, 1.807) is 31.2 Å². The smallest absolute Gasteiger partial charge is 0.314 e. The maximum atomic E-state index is 14.8. The summed E-state index contributed by atoms with van der Waals surface area (Å²) in [6.07, 6.45) is 4.05. The number of carbonyl (C=O) groups excluding carboxylic acids is 1. The van der Waals surface area contributed by atoms with E-state index in [4.69, 9.17) is 4.74 Å². The van der Waals surface area contributed by atoms with Gasteiger partial charge in [-0.25, -0.2) is 13.2 Å². The molecule has 0 spiro atoms. The highest BCUT2D eigenvalue weighted by Gasteiger charge is 2.31. The Balaban J connectivity index is 1.41. The first-order valence-corrected chi connectivity index (χ1v) is 12.6. The molecule has 0 aromatic heterocycles. The fourth-order valence-corrected chi connectivity index (χ4v) is 5.00. The Morgan fingerprint density at radius 1 is 0.806 bits per heavy atom. The van der Waals surface area contributed by atoms with Gasteiger partial charge in [0.1, 0.15) is 0 Å². The van der Waals surface area contributed by atoms with Crippen LogP contribution in [0.3, 0.4) is 0 Å². The monoisotopic (exact) mass is 498 g/mol. The Kier molecular flexibility index (Phi) is 8.12. The molecule has 3 aromatic rings. The second kappa shape index (κ2) is 11.3. The largest absolute Gasteiger partial charge is 0.423 e. The summed E-state index contributed by atoms with van der Waals surface area (Å²) < 4.78 is 63.6. The number of benzene rings is 3. The Labute approximate surface area is 209 Å². The van der Waals surface area contributed by atoms with Crippen LogP contribution in [0.4, 0.5) is 17.6 Å². The number of aryl methyl sites for hydroxylation is 2. The third-order valence-corrected chi connectivity index (χ3v) is 7.13. The van der Waals surface area contributed by atoms with Crippen LogP contribution in [0.1, 0.15) is 68.6 Å². The fraction of sp³-hybridized carbons (Fsp3) is 0.367. The average molecular weight is 499 g/mol. The normalized spacial score (nSPS) is 17.7. The standard InChI is InChI=1S/C30H30F4O2/c1-3-5-18-6-8-20(9-7-18)24-16-17-25(29(34)28(24)33)36-30(35)22-12-10-21(11-13-22)23-15-14-19(4-2)26(31)27(23)32/h6-9,14-17,21-22H,3-5,10-13H2,1-2H3. The average Bonchev–Trinajstić information content (AvgIpc) is 2.89. The minimum absolute atomic E-state index is 0.0965. The fourth-order valence-electron chi connectivity index (χ4n) is 5.00. The Morgan fingerprint density at radius 2 is 1.50 bits per heavy atom. The Bertz CT molecular complexity index is 1230.